The summed E-state index contributed by atoms with van der Waals surface area (Å²) >= 11 is 0. The highest BCUT2D eigenvalue weighted by Crippen LogP contribution is 2.32. The van der Waals surface area contributed by atoms with Crippen LogP contribution in [0.2, 0.25) is 0 Å². The summed E-state index contributed by atoms with van der Waals surface area (Å²) in [5.74, 6) is 2.97. The van der Waals surface area contributed by atoms with Crippen molar-refractivity contribution in [2.24, 2.45) is 5.92 Å². The zero-order valence-corrected chi connectivity index (χ0v) is 19.6. The average molecular weight is 459 g/mol. The summed E-state index contributed by atoms with van der Waals surface area (Å²) in [7, 11) is 0. The molecule has 2 N–H and O–H groups in total. The van der Waals surface area contributed by atoms with E-state index in [0.29, 0.717) is 25.5 Å². The Morgan fingerprint density at radius 1 is 1.18 bits per heavy atom. The lowest BCUT2D eigenvalue weighted by Crippen LogP contribution is -2.47. The van der Waals surface area contributed by atoms with Crippen molar-refractivity contribution in [3.05, 3.63) is 17.8 Å². The molecule has 33 heavy (non-hydrogen) atoms. The molecule has 3 fully saturated rings. The van der Waals surface area contributed by atoms with Crippen LogP contribution in [0.4, 0.5) is 5.82 Å². The van der Waals surface area contributed by atoms with Crippen LogP contribution in [0.25, 0.3) is 0 Å². The quantitative estimate of drug-likeness (QED) is 0.644. The van der Waals surface area contributed by atoms with Gasteiger partial charge in [0.15, 0.2) is 0 Å². The van der Waals surface area contributed by atoms with Gasteiger partial charge in [0.1, 0.15) is 11.6 Å². The number of piperazine rings is 1. The minimum Gasteiger partial charge on any atom is -0.493 e. The topological polar surface area (TPSA) is 87.2 Å². The number of carbonyl (C=O) groups is 1. The van der Waals surface area contributed by atoms with Crippen molar-refractivity contribution in [1.82, 2.24) is 15.2 Å². The van der Waals surface area contributed by atoms with Gasteiger partial charge in [-0.2, -0.15) is 0 Å². The summed E-state index contributed by atoms with van der Waals surface area (Å²) in [6.07, 6.45) is 9.06. The molecule has 0 unspecified atom stereocenters. The van der Waals surface area contributed by atoms with Crippen LogP contribution in [0, 0.1) is 5.92 Å². The van der Waals surface area contributed by atoms with Gasteiger partial charge in [0.2, 0.25) is 5.91 Å². The summed E-state index contributed by atoms with van der Waals surface area (Å²) in [4.78, 5) is 22.0. The first-order valence-corrected chi connectivity index (χ1v) is 12.8. The first-order valence-electron chi connectivity index (χ1n) is 12.8. The second-order valence-corrected chi connectivity index (χ2v) is 10.2. The van der Waals surface area contributed by atoms with Crippen LogP contribution in [0.5, 0.6) is 5.75 Å². The molecule has 3 aliphatic heterocycles. The number of hydrogen-bond acceptors (Lipinski definition) is 7. The van der Waals surface area contributed by atoms with Gasteiger partial charge in [-0.05, 0) is 50.6 Å². The summed E-state index contributed by atoms with van der Waals surface area (Å²) < 4.78 is 11.2. The van der Waals surface area contributed by atoms with Gasteiger partial charge in [0, 0.05) is 56.8 Å². The Kier molecular flexibility index (Phi) is 7.33. The lowest BCUT2D eigenvalue weighted by molar-refractivity contribution is -0.124. The first-order chi connectivity index (χ1) is 16.1. The van der Waals surface area contributed by atoms with Crippen molar-refractivity contribution in [2.75, 3.05) is 50.8 Å². The van der Waals surface area contributed by atoms with Gasteiger partial charge in [-0.15, -0.1) is 0 Å². The zero-order chi connectivity index (χ0) is 22.6. The van der Waals surface area contributed by atoms with E-state index in [1.807, 2.05) is 12.3 Å². The number of ether oxygens (including phenoxy) is 2. The molecule has 1 aromatic heterocycles. The molecule has 1 aromatic rings. The number of anilines is 1. The smallest absolute Gasteiger partial charge is 0.222 e. The molecule has 1 amide bonds. The molecule has 0 bridgehead atoms. The highest BCUT2D eigenvalue weighted by molar-refractivity contribution is 5.76. The largest absolute Gasteiger partial charge is 0.493 e. The van der Waals surface area contributed by atoms with E-state index >= 15 is 0 Å². The highest BCUT2D eigenvalue weighted by Gasteiger charge is 2.29. The lowest BCUT2D eigenvalue weighted by Gasteiger charge is -2.37. The van der Waals surface area contributed by atoms with Crippen LogP contribution >= 0.6 is 0 Å². The predicted octanol–water partition coefficient (Wildman–Crippen LogP) is 1.74. The second kappa shape index (κ2) is 10.6. The van der Waals surface area contributed by atoms with Crippen molar-refractivity contribution < 1.29 is 19.4 Å². The summed E-state index contributed by atoms with van der Waals surface area (Å²) in [6, 6.07) is 2.28. The third-order valence-electron chi connectivity index (χ3n) is 7.81. The third kappa shape index (κ3) is 5.78. The molecular formula is C25H38N4O4. The van der Waals surface area contributed by atoms with E-state index in [-0.39, 0.29) is 12.0 Å². The van der Waals surface area contributed by atoms with Crippen molar-refractivity contribution in [2.45, 2.75) is 69.6 Å². The number of carbonyl (C=O) groups excluding carboxylic acids is 1. The third-order valence-corrected chi connectivity index (χ3v) is 7.81. The molecule has 1 saturated carbocycles. The van der Waals surface area contributed by atoms with Gasteiger partial charge in [-0.1, -0.05) is 0 Å². The van der Waals surface area contributed by atoms with Crippen molar-refractivity contribution in [1.29, 1.82) is 0 Å². The van der Waals surface area contributed by atoms with Gasteiger partial charge in [-0.25, -0.2) is 4.98 Å². The molecule has 2 atom stereocenters. The maximum Gasteiger partial charge on any atom is 0.222 e. The van der Waals surface area contributed by atoms with Gasteiger partial charge in [0.25, 0.3) is 0 Å². The van der Waals surface area contributed by atoms with Crippen LogP contribution in [0.15, 0.2) is 12.3 Å². The van der Waals surface area contributed by atoms with Crippen molar-refractivity contribution >= 4 is 11.7 Å². The molecule has 4 aliphatic rings. The number of aromatic nitrogens is 1. The lowest BCUT2D eigenvalue weighted by atomic mass is 9.84. The zero-order valence-electron chi connectivity index (χ0n) is 19.6. The normalized spacial score (nSPS) is 30.2. The van der Waals surface area contributed by atoms with Crippen LogP contribution in [-0.2, 0) is 16.0 Å². The molecule has 182 valence electrons. The second-order valence-electron chi connectivity index (χ2n) is 10.2. The Bertz CT molecular complexity index is 806. The van der Waals surface area contributed by atoms with E-state index < -0.39 is 6.10 Å². The Hall–Kier alpha value is -1.90. The number of nitrogens with zero attached hydrogens (tertiary/aromatic N) is 3. The van der Waals surface area contributed by atoms with E-state index in [0.717, 1.165) is 69.5 Å². The minimum atomic E-state index is -0.411. The average Bonchev–Trinajstić information content (AvgIpc) is 3.47. The summed E-state index contributed by atoms with van der Waals surface area (Å²) in [5.41, 5.74) is 1.28. The number of rotatable bonds is 7. The molecule has 2 saturated heterocycles. The Balaban J connectivity index is 0.981. The molecule has 1 aliphatic carbocycles. The number of amides is 1. The maximum absolute atomic E-state index is 12.3. The Labute approximate surface area is 196 Å². The standard InChI is InChI=1S/C25H38N4O4/c30-20-15-21(33-17-20)16-24(31)27-19-3-1-18(2-4-19)6-9-28-10-12-29(13-11-28)25-22-7-14-32-23(22)5-8-26-25/h5,8,18-21,30H,1-4,6-7,9-17H2,(H,27,31)/t18?,19?,20-,21+/m1/s1. The van der Waals surface area contributed by atoms with Crippen molar-refractivity contribution in [3.8, 4) is 5.75 Å². The van der Waals surface area contributed by atoms with E-state index in [4.69, 9.17) is 9.47 Å². The molecular weight excluding hydrogens is 420 g/mol. The monoisotopic (exact) mass is 458 g/mol. The Morgan fingerprint density at radius 2 is 2.00 bits per heavy atom. The molecule has 4 heterocycles. The first kappa shape index (κ1) is 22.9. The van der Waals surface area contributed by atoms with Crippen LogP contribution < -0.4 is 15.0 Å². The molecule has 5 rings (SSSR count). The van der Waals surface area contributed by atoms with Gasteiger partial charge in [-0.3, -0.25) is 9.69 Å². The predicted molar refractivity (Wildman–Crippen MR) is 126 cm³/mol. The van der Waals surface area contributed by atoms with Crippen LogP contribution in [0.3, 0.4) is 0 Å². The van der Waals surface area contributed by atoms with E-state index in [2.05, 4.69) is 20.1 Å². The molecule has 0 aromatic carbocycles. The number of aliphatic hydroxyl groups excluding tert-OH is 1. The summed E-state index contributed by atoms with van der Waals surface area (Å²) in [6.45, 7) is 6.55. The van der Waals surface area contributed by atoms with E-state index in [1.54, 1.807) is 0 Å². The number of pyridine rings is 1. The molecule has 8 nitrogen and oxygen atoms in total. The molecule has 0 radical (unpaired) electrons. The number of nitrogens with one attached hydrogen (secondary N) is 1. The summed E-state index contributed by atoms with van der Waals surface area (Å²) in [5, 5.41) is 12.7. The fourth-order valence-electron chi connectivity index (χ4n) is 5.84. The maximum atomic E-state index is 12.3. The minimum absolute atomic E-state index is 0.0699. The van der Waals surface area contributed by atoms with E-state index in [1.165, 1.54) is 31.4 Å². The number of fused-ring (bicyclic) bond motifs is 1. The highest BCUT2D eigenvalue weighted by atomic mass is 16.5. The molecule has 8 heteroatoms. The molecule has 0 spiro atoms. The number of aliphatic hydroxyl groups is 1. The number of hydrogen-bond donors (Lipinski definition) is 2. The SMILES string of the molecule is O=C(C[C@@H]1C[C@@H](O)CO1)NC1CCC(CCN2CCN(c3nccc4c3CCO4)CC2)CC1. The van der Waals surface area contributed by atoms with E-state index in [9.17, 15) is 9.90 Å². The van der Waals surface area contributed by atoms with Gasteiger partial charge in [0.05, 0.1) is 31.8 Å². The fraction of sp³-hybridized carbons (Fsp3) is 0.760. The fourth-order valence-corrected chi connectivity index (χ4v) is 5.84. The van der Waals surface area contributed by atoms with Gasteiger partial charge >= 0.3 is 0 Å². The Morgan fingerprint density at radius 3 is 2.76 bits per heavy atom. The van der Waals surface area contributed by atoms with Crippen molar-refractivity contribution in [3.63, 3.8) is 0 Å². The van der Waals surface area contributed by atoms with Crippen LogP contribution in [0.1, 0.15) is 50.5 Å². The van der Waals surface area contributed by atoms with Crippen LogP contribution in [-0.4, -0.2) is 85.1 Å². The van der Waals surface area contributed by atoms with Gasteiger partial charge < -0.3 is 24.8 Å².